The standard InChI is InChI=1S/C14H22N2O4S/c1-11-8-16(9-13(10-17)20-11)12-4-6-14(7-5-12)21(18,19)15(2)3/h4-7,11,13,17H,8-10H2,1-3H3. The van der Waals surface area contributed by atoms with Crippen molar-refractivity contribution in [1.29, 1.82) is 0 Å². The topological polar surface area (TPSA) is 70.1 Å². The monoisotopic (exact) mass is 314 g/mol. The van der Waals surface area contributed by atoms with Crippen molar-refractivity contribution in [3.8, 4) is 0 Å². The van der Waals surface area contributed by atoms with Gasteiger partial charge in [-0.2, -0.15) is 0 Å². The van der Waals surface area contributed by atoms with Crippen LogP contribution in [0.5, 0.6) is 0 Å². The highest BCUT2D eigenvalue weighted by atomic mass is 32.2. The van der Waals surface area contributed by atoms with Crippen LogP contribution in [0.25, 0.3) is 0 Å². The first-order chi connectivity index (χ1) is 9.84. The molecular weight excluding hydrogens is 292 g/mol. The van der Waals surface area contributed by atoms with Gasteiger partial charge in [-0.3, -0.25) is 0 Å². The molecule has 6 nitrogen and oxygen atoms in total. The van der Waals surface area contributed by atoms with Crippen LogP contribution in [0.1, 0.15) is 6.92 Å². The molecule has 0 aromatic heterocycles. The number of hydrogen-bond donors (Lipinski definition) is 1. The molecule has 0 bridgehead atoms. The number of sulfonamides is 1. The highest BCUT2D eigenvalue weighted by Gasteiger charge is 2.25. The highest BCUT2D eigenvalue weighted by molar-refractivity contribution is 7.89. The SMILES string of the molecule is CC1CN(c2ccc(S(=O)(=O)N(C)C)cc2)CC(CO)O1. The summed E-state index contributed by atoms with van der Waals surface area (Å²) in [5.74, 6) is 0. The average Bonchev–Trinajstić information content (AvgIpc) is 2.46. The number of anilines is 1. The molecule has 2 rings (SSSR count). The lowest BCUT2D eigenvalue weighted by molar-refractivity contribution is -0.0421. The van der Waals surface area contributed by atoms with Gasteiger partial charge in [0.1, 0.15) is 0 Å². The van der Waals surface area contributed by atoms with Crippen molar-refractivity contribution in [2.75, 3.05) is 38.7 Å². The molecular formula is C14H22N2O4S. The fourth-order valence-electron chi connectivity index (χ4n) is 2.40. The minimum Gasteiger partial charge on any atom is -0.394 e. The third-order valence-electron chi connectivity index (χ3n) is 3.51. The van der Waals surface area contributed by atoms with Crippen molar-refractivity contribution in [2.45, 2.75) is 24.0 Å². The lowest BCUT2D eigenvalue weighted by atomic mass is 10.2. The summed E-state index contributed by atoms with van der Waals surface area (Å²) in [5.41, 5.74) is 0.932. The van der Waals surface area contributed by atoms with Gasteiger partial charge in [0.05, 0.1) is 23.7 Å². The summed E-state index contributed by atoms with van der Waals surface area (Å²) < 4.78 is 30.9. The molecule has 2 atom stereocenters. The Balaban J connectivity index is 2.19. The van der Waals surface area contributed by atoms with E-state index < -0.39 is 10.0 Å². The molecule has 0 aliphatic carbocycles. The van der Waals surface area contributed by atoms with E-state index in [0.29, 0.717) is 6.54 Å². The van der Waals surface area contributed by atoms with Crippen molar-refractivity contribution in [1.82, 2.24) is 4.31 Å². The maximum atomic E-state index is 12.0. The van der Waals surface area contributed by atoms with Crippen LogP contribution in [0.3, 0.4) is 0 Å². The predicted molar refractivity (Wildman–Crippen MR) is 80.9 cm³/mol. The third-order valence-corrected chi connectivity index (χ3v) is 5.34. The van der Waals surface area contributed by atoms with Gasteiger partial charge in [-0.1, -0.05) is 0 Å². The van der Waals surface area contributed by atoms with E-state index >= 15 is 0 Å². The summed E-state index contributed by atoms with van der Waals surface area (Å²) in [6.07, 6.45) is -0.181. The molecule has 0 saturated carbocycles. The molecule has 1 aliphatic heterocycles. The van der Waals surface area contributed by atoms with Gasteiger partial charge in [0, 0.05) is 32.9 Å². The number of rotatable bonds is 4. The first-order valence-corrected chi connectivity index (χ1v) is 8.32. The molecule has 1 aromatic carbocycles. The summed E-state index contributed by atoms with van der Waals surface area (Å²) in [6, 6.07) is 6.81. The Morgan fingerprint density at radius 1 is 1.29 bits per heavy atom. The fraction of sp³-hybridized carbons (Fsp3) is 0.571. The molecule has 0 radical (unpaired) electrons. The molecule has 0 spiro atoms. The number of benzene rings is 1. The molecule has 118 valence electrons. The number of aliphatic hydroxyl groups excluding tert-OH is 1. The summed E-state index contributed by atoms with van der Waals surface area (Å²) in [7, 11) is -0.375. The Morgan fingerprint density at radius 3 is 2.43 bits per heavy atom. The van der Waals surface area contributed by atoms with Crippen molar-refractivity contribution in [3.63, 3.8) is 0 Å². The third kappa shape index (κ3) is 3.55. The van der Waals surface area contributed by atoms with E-state index in [-0.39, 0.29) is 23.7 Å². The summed E-state index contributed by atoms with van der Waals surface area (Å²) in [4.78, 5) is 2.37. The zero-order chi connectivity index (χ0) is 15.6. The van der Waals surface area contributed by atoms with Gasteiger partial charge >= 0.3 is 0 Å². The number of aliphatic hydroxyl groups is 1. The summed E-state index contributed by atoms with van der Waals surface area (Å²) in [6.45, 7) is 3.25. The maximum absolute atomic E-state index is 12.0. The van der Waals surface area contributed by atoms with Crippen LogP contribution in [0.2, 0.25) is 0 Å². The Morgan fingerprint density at radius 2 is 1.90 bits per heavy atom. The second kappa shape index (κ2) is 6.31. The van der Waals surface area contributed by atoms with Crippen LogP contribution in [-0.4, -0.2) is 63.8 Å². The Hall–Kier alpha value is -1.15. The van der Waals surface area contributed by atoms with Gasteiger partial charge < -0.3 is 14.7 Å². The predicted octanol–water partition coefficient (Wildman–Crippen LogP) is 0.523. The molecule has 21 heavy (non-hydrogen) atoms. The Kier molecular flexibility index (Phi) is 4.88. The number of nitrogens with zero attached hydrogens (tertiary/aromatic N) is 2. The number of ether oxygens (including phenoxy) is 1. The minimum atomic E-state index is -3.40. The average molecular weight is 314 g/mol. The van der Waals surface area contributed by atoms with Gasteiger partial charge in [0.25, 0.3) is 0 Å². The highest BCUT2D eigenvalue weighted by Crippen LogP contribution is 2.23. The van der Waals surface area contributed by atoms with Gasteiger partial charge in [0.2, 0.25) is 10.0 Å². The van der Waals surface area contributed by atoms with Crippen molar-refractivity contribution < 1.29 is 18.3 Å². The van der Waals surface area contributed by atoms with Crippen LogP contribution in [-0.2, 0) is 14.8 Å². The molecule has 1 fully saturated rings. The molecule has 1 saturated heterocycles. The van der Waals surface area contributed by atoms with E-state index in [0.717, 1.165) is 12.2 Å². The molecule has 1 N–H and O–H groups in total. The number of morpholine rings is 1. The lowest BCUT2D eigenvalue weighted by Gasteiger charge is -2.37. The lowest BCUT2D eigenvalue weighted by Crippen LogP contribution is -2.48. The van der Waals surface area contributed by atoms with Crippen LogP contribution < -0.4 is 4.90 Å². The van der Waals surface area contributed by atoms with Gasteiger partial charge in [-0.25, -0.2) is 12.7 Å². The first-order valence-electron chi connectivity index (χ1n) is 6.88. The zero-order valence-corrected chi connectivity index (χ0v) is 13.4. The molecule has 1 aliphatic rings. The Labute approximate surface area is 126 Å². The second-order valence-electron chi connectivity index (χ2n) is 5.44. The van der Waals surface area contributed by atoms with Crippen molar-refractivity contribution >= 4 is 15.7 Å². The van der Waals surface area contributed by atoms with Gasteiger partial charge in [-0.15, -0.1) is 0 Å². The smallest absolute Gasteiger partial charge is 0.242 e. The normalized spacial score (nSPS) is 23.6. The summed E-state index contributed by atoms with van der Waals surface area (Å²) >= 11 is 0. The maximum Gasteiger partial charge on any atom is 0.242 e. The van der Waals surface area contributed by atoms with Crippen LogP contribution in [0.4, 0.5) is 5.69 Å². The van der Waals surface area contributed by atoms with E-state index in [1.54, 1.807) is 24.3 Å². The largest absolute Gasteiger partial charge is 0.394 e. The van der Waals surface area contributed by atoms with E-state index in [4.69, 9.17) is 4.74 Å². The molecule has 1 heterocycles. The zero-order valence-electron chi connectivity index (χ0n) is 12.6. The van der Waals surface area contributed by atoms with E-state index in [2.05, 4.69) is 4.90 Å². The van der Waals surface area contributed by atoms with Crippen LogP contribution >= 0.6 is 0 Å². The van der Waals surface area contributed by atoms with Gasteiger partial charge in [-0.05, 0) is 31.2 Å². The molecule has 0 amide bonds. The second-order valence-corrected chi connectivity index (χ2v) is 7.59. The summed E-state index contributed by atoms with van der Waals surface area (Å²) in [5, 5.41) is 9.25. The molecule has 7 heteroatoms. The quantitative estimate of drug-likeness (QED) is 0.877. The molecule has 1 aromatic rings. The van der Waals surface area contributed by atoms with Crippen molar-refractivity contribution in [3.05, 3.63) is 24.3 Å². The Bertz CT molecular complexity index is 571. The van der Waals surface area contributed by atoms with Crippen LogP contribution in [0, 0.1) is 0 Å². The van der Waals surface area contributed by atoms with Crippen molar-refractivity contribution in [2.24, 2.45) is 0 Å². The first kappa shape index (κ1) is 16.2. The number of hydrogen-bond acceptors (Lipinski definition) is 5. The minimum absolute atomic E-state index is 0.0199. The van der Waals surface area contributed by atoms with Crippen LogP contribution in [0.15, 0.2) is 29.2 Å². The van der Waals surface area contributed by atoms with E-state index in [9.17, 15) is 13.5 Å². The molecule has 2 unspecified atom stereocenters. The van der Waals surface area contributed by atoms with Gasteiger partial charge in [0.15, 0.2) is 0 Å². The fourth-order valence-corrected chi connectivity index (χ4v) is 3.30. The van der Waals surface area contributed by atoms with E-state index in [1.807, 2.05) is 6.92 Å². The van der Waals surface area contributed by atoms with E-state index in [1.165, 1.54) is 18.4 Å².